The number of aromatic nitrogens is 2. The molecule has 0 aliphatic heterocycles. The van der Waals surface area contributed by atoms with E-state index in [9.17, 15) is 9.59 Å². The van der Waals surface area contributed by atoms with E-state index in [2.05, 4.69) is 21.4 Å². The summed E-state index contributed by atoms with van der Waals surface area (Å²) in [5.74, 6) is 2.26. The van der Waals surface area contributed by atoms with Gasteiger partial charge in [0.25, 0.3) is 0 Å². The molecule has 1 aliphatic rings. The van der Waals surface area contributed by atoms with Crippen LogP contribution in [0, 0.1) is 23.7 Å². The van der Waals surface area contributed by atoms with Gasteiger partial charge in [-0.25, -0.2) is 0 Å². The normalized spacial score (nSPS) is 14.3. The summed E-state index contributed by atoms with van der Waals surface area (Å²) in [6, 6.07) is 9.53. The Morgan fingerprint density at radius 1 is 1.29 bits per heavy atom. The molecule has 2 amide bonds. The van der Waals surface area contributed by atoms with Gasteiger partial charge in [0.05, 0.1) is 23.3 Å². The van der Waals surface area contributed by atoms with Crippen LogP contribution in [0.15, 0.2) is 42.6 Å². The van der Waals surface area contributed by atoms with E-state index >= 15 is 0 Å². The van der Waals surface area contributed by atoms with Crippen LogP contribution < -0.4 is 15.0 Å². The number of nitrogens with one attached hydrogen (secondary N) is 2. The Labute approximate surface area is 203 Å². The van der Waals surface area contributed by atoms with E-state index in [0.717, 1.165) is 23.7 Å². The molecule has 2 aromatic carbocycles. The van der Waals surface area contributed by atoms with Gasteiger partial charge in [0.15, 0.2) is 0 Å². The van der Waals surface area contributed by atoms with Crippen LogP contribution in [0.1, 0.15) is 33.6 Å². The molecule has 1 saturated carbocycles. The summed E-state index contributed by atoms with van der Waals surface area (Å²) in [7, 11) is 0. The Morgan fingerprint density at radius 2 is 2.06 bits per heavy atom. The lowest BCUT2D eigenvalue weighted by Gasteiger charge is -2.38. The molecule has 0 bridgehead atoms. The number of nitrogens with zero attached hydrogens (tertiary/aromatic N) is 2. The predicted molar refractivity (Wildman–Crippen MR) is 134 cm³/mol. The first-order chi connectivity index (χ1) is 16.2. The number of carbonyl (C=O) groups excluding carboxylic acids is 2. The highest BCUT2D eigenvalue weighted by Crippen LogP contribution is 2.36. The fraction of sp³-hybridized carbons (Fsp3) is 0.346. The maximum atomic E-state index is 13.5. The van der Waals surface area contributed by atoms with Gasteiger partial charge < -0.3 is 10.1 Å². The fourth-order valence-corrected chi connectivity index (χ4v) is 4.05. The fourth-order valence-electron chi connectivity index (χ4n) is 3.83. The van der Waals surface area contributed by atoms with Crippen molar-refractivity contribution in [2.45, 2.75) is 39.7 Å². The molecular formula is C26H27ClN4O3. The SMILES string of the molecule is C#CC(=O)N(c1ccc(OCC2CC2)c(Cl)c1)C(C(=O)Nc1ccc2cn[nH]c2c1)C(C)(C)C. The maximum Gasteiger partial charge on any atom is 0.303 e. The highest BCUT2D eigenvalue weighted by Gasteiger charge is 2.40. The minimum atomic E-state index is -0.914. The average molecular weight is 479 g/mol. The molecule has 1 fully saturated rings. The number of fused-ring (bicyclic) bond motifs is 1. The molecular weight excluding hydrogens is 452 g/mol. The molecule has 176 valence electrons. The zero-order valence-electron chi connectivity index (χ0n) is 19.4. The molecule has 1 aliphatic carbocycles. The van der Waals surface area contributed by atoms with Crippen LogP contribution in [0.25, 0.3) is 10.9 Å². The van der Waals surface area contributed by atoms with E-state index in [1.54, 1.807) is 36.5 Å². The Kier molecular flexibility index (Phi) is 6.54. The summed E-state index contributed by atoms with van der Waals surface area (Å²) in [6.07, 6.45) is 9.54. The second-order valence-electron chi connectivity index (χ2n) is 9.62. The number of ether oxygens (including phenoxy) is 1. The standard InChI is InChI=1S/C26H27ClN4O3/c1-5-23(32)31(19-10-11-22(20(27)13-19)34-15-16-6-7-16)24(26(2,3)4)25(33)29-18-9-8-17-14-28-30-21(17)12-18/h1,8-14,16,24H,6-7,15H2,2-4H3,(H,28,30)(H,29,33). The summed E-state index contributed by atoms with van der Waals surface area (Å²) in [4.78, 5) is 27.8. The van der Waals surface area contributed by atoms with Gasteiger partial charge in [-0.2, -0.15) is 5.10 Å². The summed E-state index contributed by atoms with van der Waals surface area (Å²) >= 11 is 6.47. The van der Waals surface area contributed by atoms with E-state index in [-0.39, 0.29) is 5.91 Å². The highest BCUT2D eigenvalue weighted by atomic mass is 35.5. The van der Waals surface area contributed by atoms with Crippen LogP contribution in [-0.4, -0.2) is 34.7 Å². The molecule has 34 heavy (non-hydrogen) atoms. The largest absolute Gasteiger partial charge is 0.492 e. The minimum absolute atomic E-state index is 0.353. The second-order valence-corrected chi connectivity index (χ2v) is 10.0. The third kappa shape index (κ3) is 5.18. The number of hydrogen-bond acceptors (Lipinski definition) is 4. The molecule has 3 aromatic rings. The lowest BCUT2D eigenvalue weighted by molar-refractivity contribution is -0.123. The first-order valence-electron chi connectivity index (χ1n) is 11.1. The monoisotopic (exact) mass is 478 g/mol. The number of H-pyrrole nitrogens is 1. The van der Waals surface area contributed by atoms with E-state index in [4.69, 9.17) is 22.8 Å². The van der Waals surface area contributed by atoms with Crippen molar-refractivity contribution in [2.24, 2.45) is 11.3 Å². The van der Waals surface area contributed by atoms with Crippen molar-refractivity contribution in [1.82, 2.24) is 10.2 Å². The molecule has 1 unspecified atom stereocenters. The molecule has 4 rings (SSSR count). The van der Waals surface area contributed by atoms with Gasteiger partial charge in [0.2, 0.25) is 5.91 Å². The van der Waals surface area contributed by atoms with E-state index in [1.807, 2.05) is 26.8 Å². The van der Waals surface area contributed by atoms with Crippen molar-refractivity contribution in [2.75, 3.05) is 16.8 Å². The topological polar surface area (TPSA) is 87.3 Å². The van der Waals surface area contributed by atoms with Crippen LogP contribution >= 0.6 is 11.6 Å². The van der Waals surface area contributed by atoms with Crippen molar-refractivity contribution < 1.29 is 14.3 Å². The minimum Gasteiger partial charge on any atom is -0.492 e. The van der Waals surface area contributed by atoms with Crippen LogP contribution in [-0.2, 0) is 9.59 Å². The number of carbonyl (C=O) groups is 2. The Balaban J connectivity index is 1.65. The summed E-state index contributed by atoms with van der Waals surface area (Å²) in [6.45, 7) is 6.24. The molecule has 8 heteroatoms. The van der Waals surface area contributed by atoms with Gasteiger partial charge in [-0.05, 0) is 66.5 Å². The Morgan fingerprint density at radius 3 is 2.71 bits per heavy atom. The summed E-state index contributed by atoms with van der Waals surface area (Å²) < 4.78 is 5.80. The van der Waals surface area contributed by atoms with Crippen LogP contribution in [0.5, 0.6) is 5.75 Å². The van der Waals surface area contributed by atoms with Gasteiger partial charge in [-0.3, -0.25) is 19.6 Å². The summed E-state index contributed by atoms with van der Waals surface area (Å²) in [5.41, 5.74) is 1.13. The number of hydrogen-bond donors (Lipinski definition) is 2. The van der Waals surface area contributed by atoms with Gasteiger partial charge in [0, 0.05) is 16.8 Å². The lowest BCUT2D eigenvalue weighted by atomic mass is 9.84. The van der Waals surface area contributed by atoms with Crippen molar-refractivity contribution in [1.29, 1.82) is 0 Å². The predicted octanol–water partition coefficient (Wildman–Crippen LogP) is 5.02. The molecule has 1 atom stereocenters. The van der Waals surface area contributed by atoms with Crippen molar-refractivity contribution in [3.8, 4) is 18.1 Å². The Bertz CT molecular complexity index is 1270. The number of amides is 2. The van der Waals surface area contributed by atoms with Gasteiger partial charge in [0.1, 0.15) is 11.8 Å². The molecule has 7 nitrogen and oxygen atoms in total. The second kappa shape index (κ2) is 9.40. The van der Waals surface area contributed by atoms with Crippen LogP contribution in [0.2, 0.25) is 5.02 Å². The van der Waals surface area contributed by atoms with Crippen molar-refractivity contribution in [3.63, 3.8) is 0 Å². The quantitative estimate of drug-likeness (QED) is 0.466. The Hall–Kier alpha value is -3.50. The first kappa shape index (κ1) is 23.7. The smallest absolute Gasteiger partial charge is 0.303 e. The molecule has 1 aromatic heterocycles. The van der Waals surface area contributed by atoms with Gasteiger partial charge in [-0.15, -0.1) is 6.42 Å². The number of anilines is 2. The molecule has 0 saturated heterocycles. The number of halogens is 1. The van der Waals surface area contributed by atoms with E-state index < -0.39 is 17.4 Å². The summed E-state index contributed by atoms with van der Waals surface area (Å²) in [5, 5.41) is 11.1. The maximum absolute atomic E-state index is 13.5. The third-order valence-electron chi connectivity index (χ3n) is 5.74. The van der Waals surface area contributed by atoms with E-state index in [0.29, 0.717) is 34.7 Å². The molecule has 0 spiro atoms. The number of benzene rings is 2. The number of rotatable bonds is 7. The first-order valence-corrected chi connectivity index (χ1v) is 11.5. The van der Waals surface area contributed by atoms with Crippen molar-refractivity contribution >= 4 is 45.7 Å². The van der Waals surface area contributed by atoms with Gasteiger partial charge >= 0.3 is 5.91 Å². The highest BCUT2D eigenvalue weighted by molar-refractivity contribution is 6.32. The van der Waals surface area contributed by atoms with Gasteiger partial charge in [-0.1, -0.05) is 32.4 Å². The lowest BCUT2D eigenvalue weighted by Crippen LogP contribution is -2.54. The molecule has 1 heterocycles. The molecule has 2 N–H and O–H groups in total. The zero-order chi connectivity index (χ0) is 24.5. The average Bonchev–Trinajstić information content (AvgIpc) is 3.50. The van der Waals surface area contributed by atoms with Crippen LogP contribution in [0.4, 0.5) is 11.4 Å². The van der Waals surface area contributed by atoms with Crippen molar-refractivity contribution in [3.05, 3.63) is 47.6 Å². The number of terminal acetylenes is 1. The van der Waals surface area contributed by atoms with E-state index in [1.165, 1.54) is 4.90 Å². The van der Waals surface area contributed by atoms with Crippen LogP contribution in [0.3, 0.4) is 0 Å². The zero-order valence-corrected chi connectivity index (χ0v) is 20.1. The number of aromatic amines is 1. The third-order valence-corrected chi connectivity index (χ3v) is 6.04. The molecule has 0 radical (unpaired) electrons.